The molecule has 5 aromatic carbocycles. The Morgan fingerprint density at radius 2 is 1.03 bits per heavy atom. The molecule has 5 rings (SSSR count). The summed E-state index contributed by atoms with van der Waals surface area (Å²) in [5.41, 5.74) is 0.160. The highest BCUT2D eigenvalue weighted by Gasteiger charge is 2.15. The lowest BCUT2D eigenvalue weighted by Crippen LogP contribution is -2.08. The first-order valence-electron chi connectivity index (χ1n) is 11.5. The lowest BCUT2D eigenvalue weighted by molar-refractivity contribution is 0.0732. The topological polar surface area (TPSA) is 65.0 Å². The normalized spacial score (nSPS) is 10.1. The summed E-state index contributed by atoms with van der Waals surface area (Å²) < 4.78 is 16.2. The molecule has 0 fully saturated rings. The molecule has 0 saturated heterocycles. The molecule has 0 heterocycles. The number of carbonyl (C=O) groups excluding carboxylic acids is 1. The van der Waals surface area contributed by atoms with Crippen LogP contribution >= 0.6 is 0 Å². The van der Waals surface area contributed by atoms with E-state index in [0.717, 1.165) is 16.9 Å². The van der Waals surface area contributed by atoms with E-state index in [4.69, 9.17) is 14.2 Å². The predicted octanol–water partition coefficient (Wildman–Crippen LogP) is 6.91. The lowest BCUT2D eigenvalue weighted by Gasteiger charge is -2.08. The molecule has 0 aliphatic heterocycles. The smallest absolute Gasteiger partial charge is 0.347 e. The Bertz CT molecular complexity index is 1330. The molecule has 0 radical (unpaired) electrons. The first-order valence-corrected chi connectivity index (χ1v) is 11.5. The molecule has 5 heteroatoms. The number of carbonyl (C=O) groups is 1. The minimum Gasteiger partial charge on any atom is -0.506 e. The van der Waals surface area contributed by atoms with Crippen LogP contribution < -0.4 is 14.2 Å². The van der Waals surface area contributed by atoms with E-state index in [9.17, 15) is 9.90 Å². The molecule has 0 aliphatic rings. The first kappa shape index (κ1) is 24.4. The lowest BCUT2D eigenvalue weighted by atomic mass is 10.1. The zero-order valence-corrected chi connectivity index (χ0v) is 19.6. The highest BCUT2D eigenvalue weighted by atomic mass is 16.5. The summed E-state index contributed by atoms with van der Waals surface area (Å²) in [5, 5.41) is 11.7. The molecule has 1 N–H and O–H groups in total. The number of hydrogen-bond acceptors (Lipinski definition) is 5. The summed E-state index contributed by atoms with van der Waals surface area (Å²) in [7, 11) is 0. The van der Waals surface area contributed by atoms with Crippen molar-refractivity contribution in [3.8, 4) is 23.0 Å². The number of ether oxygens (including phenoxy) is 3. The number of phenolic OH excluding ortho intramolecular Hbond substituents is 1. The molecule has 5 aromatic rings. The van der Waals surface area contributed by atoms with Gasteiger partial charge in [0, 0.05) is 5.39 Å². The van der Waals surface area contributed by atoms with Crippen molar-refractivity contribution < 1.29 is 24.1 Å². The first-order chi connectivity index (χ1) is 17.7. The summed E-state index contributed by atoms with van der Waals surface area (Å²) in [6.45, 7) is 1.11. The van der Waals surface area contributed by atoms with Gasteiger partial charge >= 0.3 is 5.97 Å². The second-order valence-corrected chi connectivity index (χ2v) is 7.71. The molecule has 0 amide bonds. The van der Waals surface area contributed by atoms with Gasteiger partial charge in [0.2, 0.25) is 0 Å². The van der Waals surface area contributed by atoms with E-state index in [2.05, 4.69) is 0 Å². The molecule has 0 bridgehead atoms. The summed E-state index contributed by atoms with van der Waals surface area (Å²) in [6, 6.07) is 38.9. The fourth-order valence-corrected chi connectivity index (χ4v) is 3.42. The van der Waals surface area contributed by atoms with E-state index in [1.807, 2.05) is 84.9 Å². The summed E-state index contributed by atoms with van der Waals surface area (Å²) in [6.07, 6.45) is 0. The number of esters is 1. The molecule has 5 nitrogen and oxygen atoms in total. The molecule has 0 saturated carbocycles. The van der Waals surface area contributed by atoms with Gasteiger partial charge in [-0.2, -0.15) is 0 Å². The van der Waals surface area contributed by atoms with Crippen molar-refractivity contribution in [1.29, 1.82) is 0 Å². The Labute approximate surface area is 210 Å². The highest BCUT2D eigenvalue weighted by Crippen LogP contribution is 2.29. The van der Waals surface area contributed by atoms with Crippen LogP contribution in [0, 0.1) is 0 Å². The fourth-order valence-electron chi connectivity index (χ4n) is 3.42. The molecule has 0 aromatic heterocycles. The Morgan fingerprint density at radius 3 is 1.58 bits per heavy atom. The van der Waals surface area contributed by atoms with Gasteiger partial charge < -0.3 is 19.3 Å². The van der Waals surface area contributed by atoms with Gasteiger partial charge in [-0.1, -0.05) is 84.9 Å². The third-order valence-corrected chi connectivity index (χ3v) is 5.18. The number of hydrogen-bond donors (Lipinski definition) is 1. The van der Waals surface area contributed by atoms with Gasteiger partial charge in [-0.15, -0.1) is 0 Å². The van der Waals surface area contributed by atoms with Crippen LogP contribution in [0.15, 0.2) is 127 Å². The molecule has 0 unspecified atom stereocenters. The van der Waals surface area contributed by atoms with Crippen molar-refractivity contribution in [3.05, 3.63) is 133 Å². The predicted molar refractivity (Wildman–Crippen MR) is 141 cm³/mol. The van der Waals surface area contributed by atoms with Crippen LogP contribution in [0.25, 0.3) is 10.8 Å². The van der Waals surface area contributed by atoms with Crippen LogP contribution in [-0.2, 0) is 0 Å². The number of fused-ring (bicyclic) bond motifs is 1. The van der Waals surface area contributed by atoms with Crippen LogP contribution in [0.3, 0.4) is 0 Å². The zero-order chi connectivity index (χ0) is 25.0. The fraction of sp³-hybridized carbons (Fsp3) is 0.0645. The number of benzene rings is 5. The van der Waals surface area contributed by atoms with E-state index < -0.39 is 5.97 Å². The van der Waals surface area contributed by atoms with E-state index in [0.29, 0.717) is 24.3 Å². The molecular weight excluding hydrogens is 452 g/mol. The van der Waals surface area contributed by atoms with E-state index in [1.54, 1.807) is 42.5 Å². The minimum absolute atomic E-state index is 0.0518. The molecule has 0 aliphatic carbocycles. The van der Waals surface area contributed by atoms with E-state index >= 15 is 0 Å². The number of rotatable bonds is 7. The largest absolute Gasteiger partial charge is 0.506 e. The van der Waals surface area contributed by atoms with Gasteiger partial charge in [0.1, 0.15) is 41.8 Å². The summed E-state index contributed by atoms with van der Waals surface area (Å²) >= 11 is 0. The number of phenols is 1. The molecule has 0 spiro atoms. The van der Waals surface area contributed by atoms with Gasteiger partial charge in [-0.05, 0) is 47.9 Å². The van der Waals surface area contributed by atoms with Crippen molar-refractivity contribution in [2.24, 2.45) is 0 Å². The third kappa shape index (κ3) is 6.87. The maximum absolute atomic E-state index is 12.1. The maximum atomic E-state index is 12.1. The van der Waals surface area contributed by atoms with Gasteiger partial charge in [-0.25, -0.2) is 4.79 Å². The van der Waals surface area contributed by atoms with Crippen LogP contribution in [0.2, 0.25) is 0 Å². The van der Waals surface area contributed by atoms with E-state index in [-0.39, 0.29) is 11.3 Å². The number of para-hydroxylation sites is 3. The van der Waals surface area contributed by atoms with Crippen molar-refractivity contribution in [2.75, 3.05) is 13.2 Å². The van der Waals surface area contributed by atoms with Crippen LogP contribution in [0.5, 0.6) is 23.0 Å². The Morgan fingerprint density at radius 1 is 0.556 bits per heavy atom. The minimum atomic E-state index is -0.570. The standard InChI is InChI=1S/C17H12O3.C14H14O2/c18-16-14-9-5-4-6-12(14)10-11-15(16)17(19)20-13-7-2-1-3-8-13;1-3-7-13(8-4-1)15-11-12-16-14-9-5-2-6-10-14/h1-11,18H;1-10H,11-12H2. The van der Waals surface area contributed by atoms with Crippen LogP contribution in [-0.4, -0.2) is 24.3 Å². The summed E-state index contributed by atoms with van der Waals surface area (Å²) in [4.78, 5) is 12.1. The SMILES string of the molecule is O=C(Oc1ccccc1)c1ccc2ccccc2c1O.c1ccc(OCCOc2ccccc2)cc1. The van der Waals surface area contributed by atoms with Crippen molar-refractivity contribution >= 4 is 16.7 Å². The average molecular weight is 479 g/mol. The molecule has 36 heavy (non-hydrogen) atoms. The number of aromatic hydroxyl groups is 1. The molecular formula is C31H26O5. The van der Waals surface area contributed by atoms with E-state index in [1.165, 1.54) is 0 Å². The second kappa shape index (κ2) is 12.6. The third-order valence-electron chi connectivity index (χ3n) is 5.18. The van der Waals surface area contributed by atoms with Gasteiger partial charge in [0.15, 0.2) is 0 Å². The van der Waals surface area contributed by atoms with Gasteiger partial charge in [0.25, 0.3) is 0 Å². The molecule has 180 valence electrons. The maximum Gasteiger partial charge on any atom is 0.347 e. The average Bonchev–Trinajstić information content (AvgIpc) is 2.93. The van der Waals surface area contributed by atoms with Crippen molar-refractivity contribution in [3.63, 3.8) is 0 Å². The zero-order valence-electron chi connectivity index (χ0n) is 19.6. The van der Waals surface area contributed by atoms with Crippen molar-refractivity contribution in [2.45, 2.75) is 0 Å². The quantitative estimate of drug-likeness (QED) is 0.156. The Balaban J connectivity index is 0.000000174. The van der Waals surface area contributed by atoms with Gasteiger partial charge in [-0.3, -0.25) is 0 Å². The van der Waals surface area contributed by atoms with Gasteiger partial charge in [0.05, 0.1) is 0 Å². The van der Waals surface area contributed by atoms with Crippen molar-refractivity contribution in [1.82, 2.24) is 0 Å². The Kier molecular flexibility index (Phi) is 8.54. The Hall–Kier alpha value is -4.77. The van der Waals surface area contributed by atoms with Crippen LogP contribution in [0.4, 0.5) is 0 Å². The molecule has 0 atom stereocenters. The van der Waals surface area contributed by atoms with Crippen LogP contribution in [0.1, 0.15) is 10.4 Å². The highest BCUT2D eigenvalue weighted by molar-refractivity contribution is 6.01. The second-order valence-electron chi connectivity index (χ2n) is 7.71. The summed E-state index contributed by atoms with van der Waals surface area (Å²) in [5.74, 6) is 1.58. The monoisotopic (exact) mass is 478 g/mol.